The molecule has 13 heteroatoms. The number of para-hydroxylation sites is 1. The number of hydrogen-bond acceptors (Lipinski definition) is 7. The number of carbonyl (C=O) groups is 5. The second-order valence-corrected chi connectivity index (χ2v) is 13.0. The molecule has 6 rings (SSSR count). The van der Waals surface area contributed by atoms with Crippen LogP contribution in [0.3, 0.4) is 0 Å². The number of nitrogens with two attached hydrogens (primary N) is 1. The predicted molar refractivity (Wildman–Crippen MR) is 181 cm³/mol. The van der Waals surface area contributed by atoms with Gasteiger partial charge in [0.2, 0.25) is 11.8 Å². The maximum atomic E-state index is 14.7. The van der Waals surface area contributed by atoms with E-state index < -0.39 is 47.8 Å². The number of benzene rings is 3. The third-order valence-electron chi connectivity index (χ3n) is 8.32. The molecule has 0 spiro atoms. The number of aromatic carboxylic acids is 1. The number of aromatic nitrogens is 1. The van der Waals surface area contributed by atoms with E-state index in [0.29, 0.717) is 11.1 Å². The number of carboxylic acid groups (broad SMARTS) is 1. The number of urea groups is 1. The molecule has 0 bridgehead atoms. The molecule has 252 valence electrons. The fourth-order valence-electron chi connectivity index (χ4n) is 6.18. The maximum absolute atomic E-state index is 14.7. The number of fused-ring (bicyclic) bond motifs is 1. The fraction of sp³-hybridized carbons (Fsp3) is 0.278. The van der Waals surface area contributed by atoms with Crippen LogP contribution in [0.25, 0.3) is 10.9 Å². The zero-order valence-electron chi connectivity index (χ0n) is 27.2. The van der Waals surface area contributed by atoms with Crippen molar-refractivity contribution in [1.82, 2.24) is 20.1 Å². The lowest BCUT2D eigenvalue weighted by atomic mass is 9.92. The highest BCUT2D eigenvalue weighted by Crippen LogP contribution is 2.47. The normalized spacial score (nSPS) is 17.9. The number of aliphatic imine (C=N–C) groups is 1. The van der Waals surface area contributed by atoms with Gasteiger partial charge < -0.3 is 30.8 Å². The number of ketones is 1. The number of Topliss-reactive ketones (excluding diaryl/α,β-unsaturated/α-hetero) is 1. The lowest BCUT2D eigenvalue weighted by molar-refractivity contribution is -0.123. The van der Waals surface area contributed by atoms with E-state index in [1.165, 1.54) is 29.2 Å². The number of H-pyrrole nitrogens is 1. The van der Waals surface area contributed by atoms with Crippen LogP contribution in [0, 0.1) is 0 Å². The zero-order valence-corrected chi connectivity index (χ0v) is 27.2. The highest BCUT2D eigenvalue weighted by Gasteiger charge is 2.46. The van der Waals surface area contributed by atoms with E-state index in [1.807, 2.05) is 51.2 Å². The van der Waals surface area contributed by atoms with Gasteiger partial charge in [0.25, 0.3) is 0 Å². The Balaban J connectivity index is 1.58. The number of ether oxygens (including phenoxy) is 1. The van der Waals surface area contributed by atoms with Gasteiger partial charge in [0.15, 0.2) is 5.78 Å². The van der Waals surface area contributed by atoms with Gasteiger partial charge in [-0.05, 0) is 56.7 Å². The highest BCUT2D eigenvalue weighted by molar-refractivity contribution is 6.13. The number of piperazine rings is 1. The van der Waals surface area contributed by atoms with Gasteiger partial charge in [-0.2, -0.15) is 0 Å². The number of amides is 4. The molecule has 3 aromatic carbocycles. The average Bonchev–Trinajstić information content (AvgIpc) is 3.65. The van der Waals surface area contributed by atoms with Crippen LogP contribution in [0.5, 0.6) is 5.75 Å². The Morgan fingerprint density at radius 1 is 1.02 bits per heavy atom. The van der Waals surface area contributed by atoms with Gasteiger partial charge >= 0.3 is 12.0 Å². The first-order valence-electron chi connectivity index (χ1n) is 15.8. The van der Waals surface area contributed by atoms with Crippen molar-refractivity contribution in [3.05, 3.63) is 101 Å². The van der Waals surface area contributed by atoms with Gasteiger partial charge in [0.1, 0.15) is 29.8 Å². The summed E-state index contributed by atoms with van der Waals surface area (Å²) in [6, 6.07) is 16.7. The number of carboxylic acids is 1. The third kappa shape index (κ3) is 6.73. The molecule has 0 unspecified atom stereocenters. The van der Waals surface area contributed by atoms with Crippen LogP contribution in [0.2, 0.25) is 0 Å². The van der Waals surface area contributed by atoms with Gasteiger partial charge in [0, 0.05) is 41.3 Å². The van der Waals surface area contributed by atoms with E-state index in [0.717, 1.165) is 16.5 Å². The second-order valence-electron chi connectivity index (χ2n) is 13.0. The molecule has 49 heavy (non-hydrogen) atoms. The SMILES string of the molecule is CC(C)(C)Oc1cc(C(=O)CC(N)=O)ccc1C1=N[C@@H](c2ccc(C(=O)O)cc2)[C@@H](c2c[nH]c3ccccc23)N1C(=O)N1CCNC(=O)C1. The van der Waals surface area contributed by atoms with E-state index in [9.17, 15) is 29.1 Å². The van der Waals surface area contributed by atoms with Crippen molar-refractivity contribution in [2.45, 2.75) is 44.9 Å². The predicted octanol–water partition coefficient (Wildman–Crippen LogP) is 4.20. The lowest BCUT2D eigenvalue weighted by Gasteiger charge is -2.36. The van der Waals surface area contributed by atoms with Gasteiger partial charge in [-0.25, -0.2) is 9.59 Å². The van der Waals surface area contributed by atoms with Gasteiger partial charge in [-0.1, -0.05) is 36.4 Å². The van der Waals surface area contributed by atoms with E-state index in [4.69, 9.17) is 15.5 Å². The van der Waals surface area contributed by atoms with Crippen molar-refractivity contribution in [1.29, 1.82) is 0 Å². The number of nitrogens with zero attached hydrogens (tertiary/aromatic N) is 3. The quantitative estimate of drug-likeness (QED) is 0.160. The molecular formula is C36H36N6O7. The van der Waals surface area contributed by atoms with Crippen LogP contribution in [0.15, 0.2) is 77.9 Å². The minimum atomic E-state index is -1.08. The number of rotatable bonds is 8. The summed E-state index contributed by atoms with van der Waals surface area (Å²) in [5, 5.41) is 13.2. The van der Waals surface area contributed by atoms with E-state index in [1.54, 1.807) is 23.1 Å². The summed E-state index contributed by atoms with van der Waals surface area (Å²) in [6.07, 6.45) is 1.34. The first-order valence-corrected chi connectivity index (χ1v) is 15.8. The molecule has 0 saturated carbocycles. The summed E-state index contributed by atoms with van der Waals surface area (Å²) in [4.78, 5) is 74.9. The molecule has 3 heterocycles. The van der Waals surface area contributed by atoms with E-state index >= 15 is 0 Å². The molecule has 1 saturated heterocycles. The third-order valence-corrected chi connectivity index (χ3v) is 8.32. The molecular weight excluding hydrogens is 628 g/mol. The summed E-state index contributed by atoms with van der Waals surface area (Å²) in [7, 11) is 0. The van der Waals surface area contributed by atoms with Crippen LogP contribution in [0.1, 0.15) is 76.7 Å². The van der Waals surface area contributed by atoms with Gasteiger partial charge in [0.05, 0.1) is 23.6 Å². The molecule has 13 nitrogen and oxygen atoms in total. The van der Waals surface area contributed by atoms with Crippen LogP contribution >= 0.6 is 0 Å². The van der Waals surface area contributed by atoms with Gasteiger partial charge in [-0.3, -0.25) is 24.3 Å². The van der Waals surface area contributed by atoms with Crippen molar-refractivity contribution in [2.75, 3.05) is 19.6 Å². The molecule has 2 atom stereocenters. The number of hydrogen-bond donors (Lipinski definition) is 4. The Morgan fingerprint density at radius 2 is 1.73 bits per heavy atom. The Bertz CT molecular complexity index is 2010. The number of primary amides is 1. The minimum absolute atomic E-state index is 0.0962. The molecule has 0 radical (unpaired) electrons. The molecule has 4 aromatic rings. The van der Waals surface area contributed by atoms with Crippen molar-refractivity contribution in [3.63, 3.8) is 0 Å². The summed E-state index contributed by atoms with van der Waals surface area (Å²) >= 11 is 0. The summed E-state index contributed by atoms with van der Waals surface area (Å²) in [5.74, 6) is -2.16. The van der Waals surface area contributed by atoms with Crippen molar-refractivity contribution in [2.24, 2.45) is 10.7 Å². The Kier molecular flexibility index (Phi) is 8.68. The fourth-order valence-corrected chi connectivity index (χ4v) is 6.18. The van der Waals surface area contributed by atoms with E-state index in [2.05, 4.69) is 10.3 Å². The Morgan fingerprint density at radius 3 is 2.41 bits per heavy atom. The molecule has 4 amide bonds. The molecule has 2 aliphatic rings. The first-order chi connectivity index (χ1) is 23.3. The highest BCUT2D eigenvalue weighted by atomic mass is 16.5. The standard InChI is InChI=1S/C36H36N6O7/c1-36(2,3)49-28-16-22(27(43)17-29(37)44)12-13-24(28)33-40-31(20-8-10-21(11-9-20)34(46)47)32(25-18-39-26-7-5-4-6-23(25)26)42(33)35(48)41-15-14-38-30(45)19-41/h4-13,16,18,31-32,39H,14-15,17,19H2,1-3H3,(H2,37,44)(H,38,45)(H,46,47)/t31-,32+/m0/s1. The number of nitrogens with one attached hydrogen (secondary N) is 2. The van der Waals surface area contributed by atoms with Crippen molar-refractivity contribution in [3.8, 4) is 5.75 Å². The van der Waals surface area contributed by atoms with Crippen LogP contribution in [-0.2, 0) is 9.59 Å². The number of amidine groups is 1. The van der Waals surface area contributed by atoms with Crippen molar-refractivity contribution < 1.29 is 33.8 Å². The molecule has 2 aliphatic heterocycles. The summed E-state index contributed by atoms with van der Waals surface area (Å²) in [5.41, 5.74) is 7.49. The molecule has 1 fully saturated rings. The molecule has 0 aliphatic carbocycles. The summed E-state index contributed by atoms with van der Waals surface area (Å²) < 4.78 is 6.37. The average molecular weight is 665 g/mol. The molecule has 5 N–H and O–H groups in total. The maximum Gasteiger partial charge on any atom is 0.335 e. The lowest BCUT2D eigenvalue weighted by Crippen LogP contribution is -2.55. The van der Waals surface area contributed by atoms with Crippen LogP contribution in [0.4, 0.5) is 4.79 Å². The molecule has 1 aromatic heterocycles. The van der Waals surface area contributed by atoms with Crippen LogP contribution < -0.4 is 15.8 Å². The topological polar surface area (TPSA) is 187 Å². The van der Waals surface area contributed by atoms with Gasteiger partial charge in [-0.15, -0.1) is 0 Å². The van der Waals surface area contributed by atoms with Crippen molar-refractivity contribution >= 4 is 46.3 Å². The first kappa shape index (κ1) is 32.9. The number of aromatic amines is 1. The monoisotopic (exact) mass is 664 g/mol. The largest absolute Gasteiger partial charge is 0.487 e. The summed E-state index contributed by atoms with van der Waals surface area (Å²) in [6.45, 7) is 5.88. The van der Waals surface area contributed by atoms with E-state index in [-0.39, 0.29) is 48.3 Å². The minimum Gasteiger partial charge on any atom is -0.487 e. The Hall–Kier alpha value is -5.98. The zero-order chi connectivity index (χ0) is 35.0. The van der Waals surface area contributed by atoms with Crippen LogP contribution in [-0.4, -0.2) is 80.6 Å². The second kappa shape index (κ2) is 12.9. The Labute approximate surface area is 281 Å². The smallest absolute Gasteiger partial charge is 0.335 e. The number of carbonyl (C=O) groups excluding carboxylic acids is 4.